The highest BCUT2D eigenvalue weighted by Crippen LogP contribution is 2.18. The standard InChI is InChI=1S/C26H36FN3O6/c1-4-16(2)8-11-21(31)22(32)23(33)24(36-3)25(34)29-20-7-5-6-12-30(26(20)35)15-17-9-10-19(27)18(13-17)14-28/h8-11,13,16,20-24,31-33H,4-7,12,15H2,1-3H3,(H,29,34)/t16?,20?,21-,22+,23-,24-/m1/s1. The monoisotopic (exact) mass is 505 g/mol. The van der Waals surface area contributed by atoms with Crippen LogP contribution in [-0.2, 0) is 20.9 Å². The third-order valence-corrected chi connectivity index (χ3v) is 6.42. The van der Waals surface area contributed by atoms with E-state index >= 15 is 0 Å². The molecule has 2 amide bonds. The van der Waals surface area contributed by atoms with Gasteiger partial charge in [0.2, 0.25) is 5.91 Å². The number of nitriles is 1. The third-order valence-electron chi connectivity index (χ3n) is 6.42. The predicted molar refractivity (Wildman–Crippen MR) is 130 cm³/mol. The number of halogens is 1. The number of likely N-dealkylation sites (tertiary alicyclic amines) is 1. The van der Waals surface area contributed by atoms with Crippen LogP contribution >= 0.6 is 0 Å². The first-order valence-corrected chi connectivity index (χ1v) is 12.2. The number of allylic oxidation sites excluding steroid dienone is 1. The van der Waals surface area contributed by atoms with Gasteiger partial charge in [-0.25, -0.2) is 4.39 Å². The minimum atomic E-state index is -1.74. The van der Waals surface area contributed by atoms with Crippen LogP contribution in [0.25, 0.3) is 0 Å². The number of aliphatic hydroxyl groups is 3. The summed E-state index contributed by atoms with van der Waals surface area (Å²) in [5, 5.41) is 42.7. The van der Waals surface area contributed by atoms with Crippen molar-refractivity contribution in [2.24, 2.45) is 5.92 Å². The number of nitrogens with one attached hydrogen (secondary N) is 1. The average molecular weight is 506 g/mol. The maximum Gasteiger partial charge on any atom is 0.252 e. The van der Waals surface area contributed by atoms with Gasteiger partial charge >= 0.3 is 0 Å². The molecule has 0 aliphatic carbocycles. The molecule has 198 valence electrons. The van der Waals surface area contributed by atoms with Crippen LogP contribution in [0.3, 0.4) is 0 Å². The van der Waals surface area contributed by atoms with Crippen LogP contribution in [0, 0.1) is 23.1 Å². The van der Waals surface area contributed by atoms with E-state index in [1.165, 1.54) is 36.3 Å². The Labute approximate surface area is 211 Å². The first kappa shape index (κ1) is 29.4. The van der Waals surface area contributed by atoms with Gasteiger partial charge in [0.15, 0.2) is 6.10 Å². The number of ether oxygens (including phenoxy) is 1. The number of hydrogen-bond donors (Lipinski definition) is 4. The van der Waals surface area contributed by atoms with Crippen molar-refractivity contribution >= 4 is 11.8 Å². The first-order chi connectivity index (χ1) is 17.1. The summed E-state index contributed by atoms with van der Waals surface area (Å²) in [5.74, 6) is -1.63. The summed E-state index contributed by atoms with van der Waals surface area (Å²) in [6.45, 7) is 4.47. The van der Waals surface area contributed by atoms with E-state index in [1.54, 1.807) is 12.1 Å². The first-order valence-electron chi connectivity index (χ1n) is 12.2. The van der Waals surface area contributed by atoms with Gasteiger partial charge in [-0.1, -0.05) is 38.5 Å². The number of carbonyl (C=O) groups is 2. The summed E-state index contributed by atoms with van der Waals surface area (Å²) >= 11 is 0. The lowest BCUT2D eigenvalue weighted by molar-refractivity contribution is -0.151. The Bertz CT molecular complexity index is 965. The maximum atomic E-state index is 13.7. The van der Waals surface area contributed by atoms with E-state index in [2.05, 4.69) is 5.32 Å². The van der Waals surface area contributed by atoms with Crippen LogP contribution < -0.4 is 5.32 Å². The highest BCUT2D eigenvalue weighted by atomic mass is 19.1. The molecule has 1 heterocycles. The van der Waals surface area contributed by atoms with Crippen molar-refractivity contribution in [3.8, 4) is 6.07 Å². The Hall–Kier alpha value is -2.84. The van der Waals surface area contributed by atoms with Gasteiger partial charge in [-0.15, -0.1) is 0 Å². The Morgan fingerprint density at radius 1 is 1.31 bits per heavy atom. The fraction of sp³-hybridized carbons (Fsp3) is 0.577. The Balaban J connectivity index is 2.08. The van der Waals surface area contributed by atoms with Crippen molar-refractivity contribution in [3.05, 3.63) is 47.3 Å². The number of aliphatic hydroxyl groups excluding tert-OH is 3. The van der Waals surface area contributed by atoms with Crippen LogP contribution in [0.2, 0.25) is 0 Å². The van der Waals surface area contributed by atoms with E-state index in [0.717, 1.165) is 6.42 Å². The molecule has 10 heteroatoms. The summed E-state index contributed by atoms with van der Waals surface area (Å²) in [5.41, 5.74) is 0.470. The van der Waals surface area contributed by atoms with Gasteiger partial charge in [0.25, 0.3) is 5.91 Å². The zero-order valence-electron chi connectivity index (χ0n) is 20.9. The normalized spacial score (nSPS) is 20.8. The molecule has 0 spiro atoms. The average Bonchev–Trinajstić information content (AvgIpc) is 3.04. The summed E-state index contributed by atoms with van der Waals surface area (Å²) < 4.78 is 18.8. The molecule has 2 rings (SSSR count). The quantitative estimate of drug-likeness (QED) is 0.333. The molecule has 1 fully saturated rings. The lowest BCUT2D eigenvalue weighted by Gasteiger charge is -2.29. The van der Waals surface area contributed by atoms with Crippen molar-refractivity contribution in [2.75, 3.05) is 13.7 Å². The zero-order chi connectivity index (χ0) is 26.8. The Morgan fingerprint density at radius 3 is 2.67 bits per heavy atom. The van der Waals surface area contributed by atoms with Crippen molar-refractivity contribution in [1.82, 2.24) is 10.2 Å². The van der Waals surface area contributed by atoms with E-state index in [0.29, 0.717) is 31.4 Å². The van der Waals surface area contributed by atoms with Crippen LogP contribution in [0.5, 0.6) is 0 Å². The van der Waals surface area contributed by atoms with Crippen molar-refractivity contribution in [1.29, 1.82) is 5.26 Å². The molecule has 1 aliphatic rings. The summed E-state index contributed by atoms with van der Waals surface area (Å²) in [7, 11) is 1.18. The van der Waals surface area contributed by atoms with Crippen LogP contribution in [0.4, 0.5) is 4.39 Å². The van der Waals surface area contributed by atoms with Crippen molar-refractivity contribution in [3.63, 3.8) is 0 Å². The number of hydrogen-bond acceptors (Lipinski definition) is 7. The van der Waals surface area contributed by atoms with Gasteiger partial charge in [-0.3, -0.25) is 9.59 Å². The van der Waals surface area contributed by atoms with Crippen LogP contribution in [0.1, 0.15) is 50.7 Å². The summed E-state index contributed by atoms with van der Waals surface area (Å²) in [6, 6.07) is 4.95. The molecule has 1 aliphatic heterocycles. The van der Waals surface area contributed by atoms with Gasteiger partial charge in [0.05, 0.1) is 5.56 Å². The molecular formula is C26H36FN3O6. The predicted octanol–water partition coefficient (Wildman–Crippen LogP) is 1.39. The number of rotatable bonds is 11. The number of methoxy groups -OCH3 is 1. The number of carbonyl (C=O) groups excluding carboxylic acids is 2. The largest absolute Gasteiger partial charge is 0.387 e. The number of amides is 2. The maximum absolute atomic E-state index is 13.7. The number of benzene rings is 1. The molecule has 1 saturated heterocycles. The molecular weight excluding hydrogens is 469 g/mol. The molecule has 1 aromatic carbocycles. The molecule has 0 radical (unpaired) electrons. The van der Waals surface area contributed by atoms with E-state index < -0.39 is 42.2 Å². The van der Waals surface area contributed by atoms with Gasteiger partial charge in [0, 0.05) is 20.2 Å². The molecule has 1 aromatic rings. The van der Waals surface area contributed by atoms with E-state index in [9.17, 15) is 29.3 Å². The van der Waals surface area contributed by atoms with Crippen LogP contribution in [0.15, 0.2) is 30.4 Å². The van der Waals surface area contributed by atoms with Crippen LogP contribution in [-0.4, -0.2) is 76.1 Å². The SMILES string of the molecule is CCC(C)C=C[C@@H](O)[C@H](O)[C@@H](O)[C@@H](OC)C(=O)NC1CCCCN(Cc2ccc(F)c(C#N)c2)C1=O. The summed E-state index contributed by atoms with van der Waals surface area (Å²) in [6.07, 6.45) is -0.747. The second-order valence-electron chi connectivity index (χ2n) is 9.14. The fourth-order valence-corrected chi connectivity index (χ4v) is 3.96. The molecule has 4 N–H and O–H groups in total. The molecule has 0 aromatic heterocycles. The molecule has 0 saturated carbocycles. The van der Waals surface area contributed by atoms with Gasteiger partial charge in [-0.05, 0) is 42.9 Å². The molecule has 0 bridgehead atoms. The van der Waals surface area contributed by atoms with Gasteiger partial charge in [-0.2, -0.15) is 5.26 Å². The van der Waals surface area contributed by atoms with Gasteiger partial charge < -0.3 is 30.3 Å². The number of nitrogens with zero attached hydrogens (tertiary/aromatic N) is 2. The lowest BCUT2D eigenvalue weighted by atomic mass is 9.99. The van der Waals surface area contributed by atoms with Crippen molar-refractivity contribution < 1.29 is 34.0 Å². The van der Waals surface area contributed by atoms with Gasteiger partial charge in [0.1, 0.15) is 36.2 Å². The lowest BCUT2D eigenvalue weighted by Crippen LogP contribution is -2.55. The minimum absolute atomic E-state index is 0.115. The van der Waals surface area contributed by atoms with E-state index in [4.69, 9.17) is 10.00 Å². The molecule has 6 atom stereocenters. The van der Waals surface area contributed by atoms with E-state index in [1.807, 2.05) is 13.8 Å². The molecule has 9 nitrogen and oxygen atoms in total. The minimum Gasteiger partial charge on any atom is -0.387 e. The second kappa shape index (κ2) is 14.0. The fourth-order valence-electron chi connectivity index (χ4n) is 3.96. The topological polar surface area (TPSA) is 143 Å². The molecule has 2 unspecified atom stereocenters. The Morgan fingerprint density at radius 2 is 2.03 bits per heavy atom. The third kappa shape index (κ3) is 7.83. The Kier molecular flexibility index (Phi) is 11.5. The smallest absolute Gasteiger partial charge is 0.252 e. The molecule has 36 heavy (non-hydrogen) atoms. The second-order valence-corrected chi connectivity index (χ2v) is 9.14. The zero-order valence-corrected chi connectivity index (χ0v) is 20.9. The van der Waals surface area contributed by atoms with Crippen molar-refractivity contribution in [2.45, 2.75) is 76.5 Å². The van der Waals surface area contributed by atoms with E-state index in [-0.39, 0.29) is 23.9 Å². The summed E-state index contributed by atoms with van der Waals surface area (Å²) in [4.78, 5) is 27.6. The highest BCUT2D eigenvalue weighted by molar-refractivity contribution is 5.89. The highest BCUT2D eigenvalue weighted by Gasteiger charge is 2.37.